The first-order chi connectivity index (χ1) is 10.4. The summed E-state index contributed by atoms with van der Waals surface area (Å²) in [6, 6.07) is -1.23. The van der Waals surface area contributed by atoms with Crippen LogP contribution in [0.2, 0.25) is 0 Å². The van der Waals surface area contributed by atoms with Gasteiger partial charge >= 0.3 is 0 Å². The lowest BCUT2D eigenvalue weighted by atomic mass is 10.1. The number of amides is 3. The Balaban J connectivity index is 4.71. The van der Waals surface area contributed by atoms with E-state index in [4.69, 9.17) is 5.73 Å². The van der Waals surface area contributed by atoms with Gasteiger partial charge in [0.25, 0.3) is 0 Å². The molecule has 0 radical (unpaired) electrons. The highest BCUT2D eigenvalue weighted by Gasteiger charge is 2.26. The Hall–Kier alpha value is -1.63. The minimum Gasteiger partial charge on any atom is -0.355 e. The summed E-state index contributed by atoms with van der Waals surface area (Å²) >= 11 is 0. The van der Waals surface area contributed by atoms with Gasteiger partial charge in [0, 0.05) is 20.0 Å². The highest BCUT2D eigenvalue weighted by atomic mass is 16.2. The Morgan fingerprint density at radius 2 is 1.82 bits per heavy atom. The first-order valence-corrected chi connectivity index (χ1v) is 7.92. The van der Waals surface area contributed by atoms with E-state index in [0.717, 1.165) is 6.42 Å². The van der Waals surface area contributed by atoms with Crippen molar-refractivity contribution in [2.24, 2.45) is 5.73 Å². The Bertz CT molecular complexity index is 374. The molecule has 0 saturated carbocycles. The zero-order valence-corrected chi connectivity index (χ0v) is 14.1. The van der Waals surface area contributed by atoms with Crippen molar-refractivity contribution in [2.45, 2.75) is 58.5 Å². The lowest BCUT2D eigenvalue weighted by Crippen LogP contribution is -2.53. The summed E-state index contributed by atoms with van der Waals surface area (Å²) in [6.07, 6.45) is 2.26. The molecule has 0 aromatic carbocycles. The number of rotatable bonds is 10. The van der Waals surface area contributed by atoms with Crippen molar-refractivity contribution in [1.29, 1.82) is 0 Å². The maximum absolute atomic E-state index is 12.3. The summed E-state index contributed by atoms with van der Waals surface area (Å²) < 4.78 is 0. The highest BCUT2D eigenvalue weighted by molar-refractivity contribution is 5.91. The van der Waals surface area contributed by atoms with Gasteiger partial charge in [-0.2, -0.15) is 0 Å². The van der Waals surface area contributed by atoms with Crippen molar-refractivity contribution in [2.75, 3.05) is 20.1 Å². The van der Waals surface area contributed by atoms with Crippen LogP contribution in [-0.2, 0) is 14.4 Å². The van der Waals surface area contributed by atoms with Gasteiger partial charge in [0.2, 0.25) is 17.7 Å². The average Bonchev–Trinajstić information content (AvgIpc) is 2.49. The van der Waals surface area contributed by atoms with Crippen molar-refractivity contribution < 1.29 is 14.4 Å². The smallest absolute Gasteiger partial charge is 0.243 e. The lowest BCUT2D eigenvalue weighted by molar-refractivity contribution is -0.139. The lowest BCUT2D eigenvalue weighted by Gasteiger charge is -2.26. The standard InChI is InChI=1S/C15H30N4O3/c1-5-8-13(20)19(4)11(3)14(21)18-12(9-7-10-16)15(22)17-6-2/h11-12H,5-10,16H2,1-4H3,(H,17,22)(H,18,21)/t11-,12-/m0/s1. The van der Waals surface area contributed by atoms with Gasteiger partial charge in [-0.05, 0) is 39.7 Å². The molecule has 0 unspecified atom stereocenters. The molecular weight excluding hydrogens is 284 g/mol. The number of nitrogens with one attached hydrogen (secondary N) is 2. The number of carbonyl (C=O) groups excluding carboxylic acids is 3. The number of nitrogens with two attached hydrogens (primary N) is 1. The Kier molecular flexibility index (Phi) is 10.2. The van der Waals surface area contributed by atoms with Crippen molar-refractivity contribution in [3.63, 3.8) is 0 Å². The second-order valence-electron chi connectivity index (χ2n) is 5.32. The number of nitrogens with zero attached hydrogens (tertiary/aromatic N) is 1. The van der Waals surface area contributed by atoms with E-state index >= 15 is 0 Å². The molecule has 0 aromatic rings. The second-order valence-corrected chi connectivity index (χ2v) is 5.32. The van der Waals surface area contributed by atoms with Gasteiger partial charge in [-0.1, -0.05) is 6.92 Å². The predicted molar refractivity (Wildman–Crippen MR) is 86.0 cm³/mol. The van der Waals surface area contributed by atoms with E-state index in [0.29, 0.717) is 32.4 Å². The zero-order chi connectivity index (χ0) is 17.1. The Morgan fingerprint density at radius 3 is 2.32 bits per heavy atom. The summed E-state index contributed by atoms with van der Waals surface area (Å²) in [6.45, 7) is 6.34. The van der Waals surface area contributed by atoms with Gasteiger partial charge in [0.1, 0.15) is 12.1 Å². The highest BCUT2D eigenvalue weighted by Crippen LogP contribution is 2.04. The molecule has 3 amide bonds. The first kappa shape index (κ1) is 20.4. The molecule has 0 fully saturated rings. The Morgan fingerprint density at radius 1 is 1.18 bits per heavy atom. The fourth-order valence-corrected chi connectivity index (χ4v) is 1.96. The number of hydrogen-bond donors (Lipinski definition) is 3. The molecule has 0 heterocycles. The van der Waals surface area contributed by atoms with Crippen LogP contribution in [0.3, 0.4) is 0 Å². The molecule has 0 aliphatic heterocycles. The third-order valence-electron chi connectivity index (χ3n) is 3.50. The molecule has 0 aliphatic rings. The van der Waals surface area contributed by atoms with E-state index in [-0.39, 0.29) is 17.7 Å². The number of likely N-dealkylation sites (N-methyl/N-ethyl adjacent to an activating group) is 2. The second kappa shape index (κ2) is 11.0. The summed E-state index contributed by atoms with van der Waals surface area (Å²) in [7, 11) is 1.60. The quantitative estimate of drug-likeness (QED) is 0.527. The molecular formula is C15H30N4O3. The SMILES string of the molecule is CCCC(=O)N(C)[C@@H](C)C(=O)N[C@@H](CCCN)C(=O)NCC. The summed E-state index contributed by atoms with van der Waals surface area (Å²) in [4.78, 5) is 37.5. The zero-order valence-electron chi connectivity index (χ0n) is 14.1. The Labute approximate surface area is 133 Å². The molecule has 7 heteroatoms. The molecule has 0 rings (SSSR count). The minimum atomic E-state index is -0.617. The van der Waals surface area contributed by atoms with Crippen molar-refractivity contribution in [3.8, 4) is 0 Å². The van der Waals surface area contributed by atoms with Crippen LogP contribution in [0.25, 0.3) is 0 Å². The molecule has 0 spiro atoms. The molecule has 128 valence electrons. The first-order valence-electron chi connectivity index (χ1n) is 7.92. The normalized spacial score (nSPS) is 13.1. The molecule has 2 atom stereocenters. The molecule has 0 bridgehead atoms. The molecule has 0 saturated heterocycles. The fourth-order valence-electron chi connectivity index (χ4n) is 1.96. The summed E-state index contributed by atoms with van der Waals surface area (Å²) in [5, 5.41) is 5.41. The third-order valence-corrected chi connectivity index (χ3v) is 3.50. The number of hydrogen-bond acceptors (Lipinski definition) is 4. The summed E-state index contributed by atoms with van der Waals surface area (Å²) in [5.74, 6) is -0.638. The van der Waals surface area contributed by atoms with Crippen LogP contribution in [0.1, 0.15) is 46.5 Å². The van der Waals surface area contributed by atoms with E-state index in [1.54, 1.807) is 14.0 Å². The average molecular weight is 314 g/mol. The molecule has 22 heavy (non-hydrogen) atoms. The van der Waals surface area contributed by atoms with E-state index in [9.17, 15) is 14.4 Å². The topological polar surface area (TPSA) is 105 Å². The van der Waals surface area contributed by atoms with Gasteiger partial charge in [-0.15, -0.1) is 0 Å². The molecule has 4 N–H and O–H groups in total. The summed E-state index contributed by atoms with van der Waals surface area (Å²) in [5.41, 5.74) is 5.47. The van der Waals surface area contributed by atoms with Crippen LogP contribution < -0.4 is 16.4 Å². The van der Waals surface area contributed by atoms with Gasteiger partial charge in [0.15, 0.2) is 0 Å². The van der Waals surface area contributed by atoms with Crippen LogP contribution in [0.15, 0.2) is 0 Å². The maximum Gasteiger partial charge on any atom is 0.243 e. The minimum absolute atomic E-state index is 0.0818. The van der Waals surface area contributed by atoms with Crippen LogP contribution in [0, 0.1) is 0 Å². The monoisotopic (exact) mass is 314 g/mol. The van der Waals surface area contributed by atoms with Gasteiger partial charge in [0.05, 0.1) is 0 Å². The van der Waals surface area contributed by atoms with Crippen molar-refractivity contribution in [3.05, 3.63) is 0 Å². The van der Waals surface area contributed by atoms with E-state index in [1.165, 1.54) is 4.90 Å². The van der Waals surface area contributed by atoms with Crippen LogP contribution in [0.5, 0.6) is 0 Å². The fraction of sp³-hybridized carbons (Fsp3) is 0.800. The molecule has 7 nitrogen and oxygen atoms in total. The van der Waals surface area contributed by atoms with Crippen LogP contribution in [-0.4, -0.2) is 54.8 Å². The number of carbonyl (C=O) groups is 3. The van der Waals surface area contributed by atoms with Gasteiger partial charge < -0.3 is 21.3 Å². The van der Waals surface area contributed by atoms with Crippen molar-refractivity contribution in [1.82, 2.24) is 15.5 Å². The maximum atomic E-state index is 12.3. The van der Waals surface area contributed by atoms with E-state index in [1.807, 2.05) is 13.8 Å². The molecule has 0 aromatic heterocycles. The van der Waals surface area contributed by atoms with Crippen molar-refractivity contribution >= 4 is 17.7 Å². The predicted octanol–water partition coefficient (Wildman–Crippen LogP) is -0.00680. The largest absolute Gasteiger partial charge is 0.355 e. The third kappa shape index (κ3) is 6.89. The van der Waals surface area contributed by atoms with Gasteiger partial charge in [-0.3, -0.25) is 14.4 Å². The van der Waals surface area contributed by atoms with Crippen LogP contribution in [0.4, 0.5) is 0 Å². The van der Waals surface area contributed by atoms with Gasteiger partial charge in [-0.25, -0.2) is 0 Å². The molecule has 0 aliphatic carbocycles. The van der Waals surface area contributed by atoms with E-state index < -0.39 is 12.1 Å². The van der Waals surface area contributed by atoms with Crippen LogP contribution >= 0.6 is 0 Å². The van der Waals surface area contributed by atoms with E-state index in [2.05, 4.69) is 10.6 Å².